The van der Waals surface area contributed by atoms with Crippen molar-refractivity contribution in [3.05, 3.63) is 69.2 Å². The molecule has 2 aromatic carbocycles. The summed E-state index contributed by atoms with van der Waals surface area (Å²) >= 11 is 6.18. The molecule has 0 unspecified atom stereocenters. The summed E-state index contributed by atoms with van der Waals surface area (Å²) in [6.07, 6.45) is -4.03. The topological polar surface area (TPSA) is 34.9 Å². The van der Waals surface area contributed by atoms with Crippen molar-refractivity contribution in [3.63, 3.8) is 0 Å². The first-order valence-electron chi connectivity index (χ1n) is 8.06. The molecule has 0 aliphatic carbocycles. The molecule has 0 N–H and O–H groups in total. The third-order valence-corrected chi connectivity index (χ3v) is 4.31. The zero-order chi connectivity index (χ0) is 19.1. The van der Waals surface area contributed by atoms with Crippen molar-refractivity contribution in [2.45, 2.75) is 26.4 Å². The molecule has 0 aliphatic rings. The highest BCUT2D eigenvalue weighted by Gasteiger charge is 2.31. The Labute approximate surface area is 153 Å². The van der Waals surface area contributed by atoms with Crippen molar-refractivity contribution < 1.29 is 13.2 Å². The second kappa shape index (κ2) is 6.76. The summed E-state index contributed by atoms with van der Waals surface area (Å²) in [5.74, 6) is 0.198. The van der Waals surface area contributed by atoms with Crippen LogP contribution in [0.25, 0.3) is 16.6 Å². The lowest BCUT2D eigenvalue weighted by atomic mass is 10.0. The highest BCUT2D eigenvalue weighted by molar-refractivity contribution is 6.32. The Hall–Kier alpha value is -2.34. The Morgan fingerprint density at radius 2 is 1.85 bits per heavy atom. The molecule has 0 saturated heterocycles. The summed E-state index contributed by atoms with van der Waals surface area (Å²) in [4.78, 5) is 16.8. The van der Waals surface area contributed by atoms with Gasteiger partial charge in [-0.1, -0.05) is 43.6 Å². The van der Waals surface area contributed by atoms with Crippen molar-refractivity contribution >= 4 is 22.5 Å². The van der Waals surface area contributed by atoms with Gasteiger partial charge in [0, 0.05) is 5.39 Å². The van der Waals surface area contributed by atoms with Crippen LogP contribution in [0.2, 0.25) is 5.02 Å². The van der Waals surface area contributed by atoms with Crippen molar-refractivity contribution in [2.75, 3.05) is 0 Å². The van der Waals surface area contributed by atoms with Gasteiger partial charge in [-0.3, -0.25) is 4.57 Å². The van der Waals surface area contributed by atoms with Gasteiger partial charge >= 0.3 is 11.9 Å². The molecule has 0 amide bonds. The van der Waals surface area contributed by atoms with Gasteiger partial charge in [-0.2, -0.15) is 18.2 Å². The Kier molecular flexibility index (Phi) is 4.80. The van der Waals surface area contributed by atoms with Gasteiger partial charge in [0.2, 0.25) is 0 Å². The van der Waals surface area contributed by atoms with Gasteiger partial charge in [0.05, 0.1) is 27.5 Å². The molecule has 0 saturated carbocycles. The molecule has 1 aromatic heterocycles. The molecule has 3 rings (SSSR count). The van der Waals surface area contributed by atoms with E-state index in [4.69, 9.17) is 11.6 Å². The lowest BCUT2D eigenvalue weighted by Gasteiger charge is -2.16. The Bertz CT molecular complexity index is 1030. The van der Waals surface area contributed by atoms with Crippen molar-refractivity contribution in [1.82, 2.24) is 9.55 Å². The lowest BCUT2D eigenvalue weighted by Crippen LogP contribution is -2.24. The van der Waals surface area contributed by atoms with Gasteiger partial charge in [-0.25, -0.2) is 4.79 Å². The summed E-state index contributed by atoms with van der Waals surface area (Å²) in [5.41, 5.74) is -0.555. The highest BCUT2D eigenvalue weighted by Crippen LogP contribution is 2.33. The fourth-order valence-electron chi connectivity index (χ4n) is 2.87. The molecule has 0 fully saturated rings. The van der Waals surface area contributed by atoms with Gasteiger partial charge in [0.25, 0.3) is 0 Å². The zero-order valence-corrected chi connectivity index (χ0v) is 14.9. The fraction of sp³-hybridized carbons (Fsp3) is 0.263. The number of halogens is 4. The lowest BCUT2D eigenvalue weighted by molar-refractivity contribution is -0.137. The predicted molar refractivity (Wildman–Crippen MR) is 95.9 cm³/mol. The molecule has 0 spiro atoms. The Balaban J connectivity index is 2.42. The third-order valence-electron chi connectivity index (χ3n) is 3.99. The Morgan fingerprint density at radius 3 is 2.46 bits per heavy atom. The average Bonchev–Trinajstić information content (AvgIpc) is 2.54. The average molecular weight is 381 g/mol. The number of benzene rings is 2. The van der Waals surface area contributed by atoms with E-state index < -0.39 is 17.4 Å². The molecular weight excluding hydrogens is 365 g/mol. The minimum absolute atomic E-state index is 0.142. The first kappa shape index (κ1) is 18.5. The van der Waals surface area contributed by atoms with E-state index in [-0.39, 0.29) is 16.5 Å². The number of aromatic nitrogens is 2. The molecule has 136 valence electrons. The largest absolute Gasteiger partial charge is 0.416 e. The van der Waals surface area contributed by atoms with E-state index in [1.165, 1.54) is 6.07 Å². The SMILES string of the molecule is CC(C)Cc1nc(=O)n(-c2ccccc2Cl)c2cc(C(F)(F)F)ccc12. The minimum atomic E-state index is -4.52. The van der Waals surface area contributed by atoms with Crippen LogP contribution in [0.1, 0.15) is 25.1 Å². The van der Waals surface area contributed by atoms with Crippen molar-refractivity contribution in [2.24, 2.45) is 5.92 Å². The standard InChI is InChI=1S/C19H16ClF3N2O/c1-11(2)9-15-13-8-7-12(19(21,22)23)10-17(13)25(18(26)24-15)16-6-4-3-5-14(16)20/h3-8,10-11H,9H2,1-2H3. The fourth-order valence-corrected chi connectivity index (χ4v) is 3.09. The first-order valence-corrected chi connectivity index (χ1v) is 8.44. The smallest absolute Gasteiger partial charge is 0.259 e. The second-order valence-electron chi connectivity index (χ2n) is 6.46. The van der Waals surface area contributed by atoms with E-state index in [9.17, 15) is 18.0 Å². The summed E-state index contributed by atoms with van der Waals surface area (Å²) in [6, 6.07) is 9.85. The van der Waals surface area contributed by atoms with Crippen LogP contribution in [0.4, 0.5) is 13.2 Å². The summed E-state index contributed by atoms with van der Waals surface area (Å²) in [6.45, 7) is 3.91. The third kappa shape index (κ3) is 3.46. The van der Waals surface area contributed by atoms with Crippen LogP contribution in [0.5, 0.6) is 0 Å². The van der Waals surface area contributed by atoms with Crippen LogP contribution in [-0.4, -0.2) is 9.55 Å². The van der Waals surface area contributed by atoms with Crippen LogP contribution < -0.4 is 5.69 Å². The second-order valence-corrected chi connectivity index (χ2v) is 6.86. The summed E-state index contributed by atoms with van der Waals surface area (Å²) in [7, 11) is 0. The molecule has 0 radical (unpaired) electrons. The minimum Gasteiger partial charge on any atom is -0.259 e. The molecule has 3 aromatic rings. The van der Waals surface area contributed by atoms with E-state index in [1.54, 1.807) is 24.3 Å². The molecule has 26 heavy (non-hydrogen) atoms. The van der Waals surface area contributed by atoms with Gasteiger partial charge < -0.3 is 0 Å². The molecule has 3 nitrogen and oxygen atoms in total. The molecule has 0 atom stereocenters. The number of nitrogens with zero attached hydrogens (tertiary/aromatic N) is 2. The van der Waals surface area contributed by atoms with Crippen LogP contribution in [-0.2, 0) is 12.6 Å². The number of hydrogen-bond donors (Lipinski definition) is 0. The van der Waals surface area contributed by atoms with Gasteiger partial charge in [0.15, 0.2) is 0 Å². The molecule has 0 aliphatic heterocycles. The molecular formula is C19H16ClF3N2O. The predicted octanol–water partition coefficient (Wildman–Crippen LogP) is 5.26. The quantitative estimate of drug-likeness (QED) is 0.621. The van der Waals surface area contributed by atoms with Gasteiger partial charge in [-0.15, -0.1) is 0 Å². The number of alkyl halides is 3. The first-order chi connectivity index (χ1) is 12.2. The van der Waals surface area contributed by atoms with Crippen LogP contribution in [0.3, 0.4) is 0 Å². The normalized spacial score (nSPS) is 12.1. The van der Waals surface area contributed by atoms with E-state index >= 15 is 0 Å². The van der Waals surface area contributed by atoms with Crippen LogP contribution in [0.15, 0.2) is 47.3 Å². The van der Waals surface area contributed by atoms with E-state index in [0.717, 1.165) is 16.7 Å². The monoisotopic (exact) mass is 380 g/mol. The zero-order valence-electron chi connectivity index (χ0n) is 14.1. The molecule has 0 bridgehead atoms. The molecule has 7 heteroatoms. The van der Waals surface area contributed by atoms with E-state index in [2.05, 4.69) is 4.98 Å². The van der Waals surface area contributed by atoms with E-state index in [1.807, 2.05) is 13.8 Å². The van der Waals surface area contributed by atoms with Crippen molar-refractivity contribution in [3.8, 4) is 5.69 Å². The highest BCUT2D eigenvalue weighted by atomic mass is 35.5. The van der Waals surface area contributed by atoms with Crippen molar-refractivity contribution in [1.29, 1.82) is 0 Å². The molecule has 1 heterocycles. The van der Waals surface area contributed by atoms with Gasteiger partial charge in [-0.05, 0) is 36.6 Å². The van der Waals surface area contributed by atoms with Crippen LogP contribution in [0, 0.1) is 5.92 Å². The van der Waals surface area contributed by atoms with E-state index in [0.29, 0.717) is 23.2 Å². The van der Waals surface area contributed by atoms with Gasteiger partial charge in [0.1, 0.15) is 0 Å². The van der Waals surface area contributed by atoms with Crippen LogP contribution >= 0.6 is 11.6 Å². The maximum Gasteiger partial charge on any atom is 0.416 e. The number of hydrogen-bond acceptors (Lipinski definition) is 2. The summed E-state index contributed by atoms with van der Waals surface area (Å²) < 4.78 is 40.8. The maximum absolute atomic E-state index is 13.2. The number of fused-ring (bicyclic) bond motifs is 1. The maximum atomic E-state index is 13.2. The number of para-hydroxylation sites is 1. The summed E-state index contributed by atoms with van der Waals surface area (Å²) in [5, 5.41) is 0.762. The number of rotatable bonds is 3. The Morgan fingerprint density at radius 1 is 1.15 bits per heavy atom.